The summed E-state index contributed by atoms with van der Waals surface area (Å²) in [6.07, 6.45) is 11.9. The van der Waals surface area contributed by atoms with E-state index in [2.05, 4.69) is 101 Å². The van der Waals surface area contributed by atoms with Crippen LogP contribution in [0.4, 0.5) is 0 Å². The predicted octanol–water partition coefficient (Wildman–Crippen LogP) is 9.81. The van der Waals surface area contributed by atoms with Crippen molar-refractivity contribution in [3.63, 3.8) is 0 Å². The van der Waals surface area contributed by atoms with Crippen LogP contribution < -0.4 is 0 Å². The molecule has 5 aromatic rings. The third-order valence-corrected chi connectivity index (χ3v) is 11.3. The maximum Gasteiger partial charge on any atom is 0.245 e. The smallest absolute Gasteiger partial charge is 0.245 e. The van der Waals surface area contributed by atoms with Crippen LogP contribution >= 0.6 is 0 Å². The van der Waals surface area contributed by atoms with Gasteiger partial charge >= 0.3 is 0 Å². The summed E-state index contributed by atoms with van der Waals surface area (Å²) in [7, 11) is 0. The molecule has 1 aromatic heterocycles. The summed E-state index contributed by atoms with van der Waals surface area (Å²) < 4.78 is 0. The monoisotopic (exact) mass is 661 g/mol. The van der Waals surface area contributed by atoms with Gasteiger partial charge < -0.3 is 9.88 Å². The minimum absolute atomic E-state index is 0.0537. The van der Waals surface area contributed by atoms with Gasteiger partial charge in [0.2, 0.25) is 5.91 Å². The number of hydrogen-bond acceptors (Lipinski definition) is 4. The molecule has 0 bridgehead atoms. The molecule has 3 heterocycles. The molecule has 0 radical (unpaired) electrons. The number of aromatic amines is 1. The molecular formula is C44H47N5O. The van der Waals surface area contributed by atoms with Crippen molar-refractivity contribution in [2.24, 2.45) is 4.99 Å². The zero-order valence-corrected chi connectivity index (χ0v) is 29.3. The molecule has 2 aliphatic heterocycles. The average molecular weight is 662 g/mol. The first-order valence-corrected chi connectivity index (χ1v) is 18.6. The molecule has 1 aliphatic carbocycles. The number of nitrogens with zero attached hydrogens (tertiary/aromatic N) is 4. The van der Waals surface area contributed by atoms with E-state index < -0.39 is 0 Å². The summed E-state index contributed by atoms with van der Waals surface area (Å²) in [5.74, 6) is 1.93. The molecule has 8 rings (SSSR count). The molecule has 1 N–H and O–H groups in total. The number of aliphatic imine (C=N–C) groups is 1. The van der Waals surface area contributed by atoms with Gasteiger partial charge in [0, 0.05) is 36.4 Å². The average Bonchev–Trinajstić information content (AvgIpc) is 4.01. The molecular weight excluding hydrogens is 615 g/mol. The molecule has 1 saturated heterocycles. The van der Waals surface area contributed by atoms with Gasteiger partial charge in [0.25, 0.3) is 0 Å². The maximum atomic E-state index is 14.2. The highest BCUT2D eigenvalue weighted by atomic mass is 16.2. The van der Waals surface area contributed by atoms with E-state index in [-0.39, 0.29) is 18.0 Å². The lowest BCUT2D eigenvalue weighted by molar-refractivity contribution is -0.137. The van der Waals surface area contributed by atoms with Crippen LogP contribution in [0.2, 0.25) is 0 Å². The lowest BCUT2D eigenvalue weighted by atomic mass is 9.95. The fourth-order valence-electron chi connectivity index (χ4n) is 8.45. The minimum Gasteiger partial charge on any atom is -0.342 e. The molecule has 2 atom stereocenters. The van der Waals surface area contributed by atoms with Crippen LogP contribution in [-0.4, -0.2) is 57.1 Å². The van der Waals surface area contributed by atoms with E-state index in [1.54, 1.807) is 0 Å². The minimum atomic E-state index is -0.267. The van der Waals surface area contributed by atoms with Crippen molar-refractivity contribution in [1.82, 2.24) is 19.8 Å². The number of carbonyl (C=O) groups is 1. The van der Waals surface area contributed by atoms with Crippen LogP contribution in [-0.2, 0) is 4.79 Å². The van der Waals surface area contributed by atoms with Crippen molar-refractivity contribution in [3.8, 4) is 22.4 Å². The first-order valence-electron chi connectivity index (χ1n) is 18.6. The molecule has 50 heavy (non-hydrogen) atoms. The summed E-state index contributed by atoms with van der Waals surface area (Å²) >= 11 is 0. The number of likely N-dealkylation sites (N-methyl/N-ethyl adjacent to an activating group) is 1. The van der Waals surface area contributed by atoms with Crippen LogP contribution in [0.25, 0.3) is 38.7 Å². The Morgan fingerprint density at radius 1 is 0.820 bits per heavy atom. The SMILES string of the molecule is CCN(CC)[C@@H](C(=O)N1CCC[C@H]1C1=NC=C(c2ccc(-c3ccc4cc(-c5cnc(C6CCCC6)[nH]5)ccc4c3)cc2)C1)c1ccccc1. The Morgan fingerprint density at radius 2 is 1.50 bits per heavy atom. The molecule has 6 nitrogen and oxygen atoms in total. The van der Waals surface area contributed by atoms with Gasteiger partial charge in [-0.3, -0.25) is 14.7 Å². The summed E-state index contributed by atoms with van der Waals surface area (Å²) in [5, 5.41) is 2.46. The highest BCUT2D eigenvalue weighted by Gasteiger charge is 2.39. The van der Waals surface area contributed by atoms with E-state index in [9.17, 15) is 4.79 Å². The van der Waals surface area contributed by atoms with Gasteiger partial charge in [-0.1, -0.05) is 106 Å². The molecule has 254 valence electrons. The number of imidazole rings is 1. The Labute approximate surface area is 296 Å². The number of carbonyl (C=O) groups excluding carboxylic acids is 1. The number of rotatable bonds is 10. The number of likely N-dealkylation sites (tertiary alicyclic amines) is 1. The van der Waals surface area contributed by atoms with Crippen molar-refractivity contribution >= 4 is 28.0 Å². The Kier molecular flexibility index (Phi) is 9.20. The number of nitrogens with one attached hydrogen (secondary N) is 1. The third-order valence-electron chi connectivity index (χ3n) is 11.3. The summed E-state index contributed by atoms with van der Waals surface area (Å²) in [5.41, 5.74) is 9.28. The van der Waals surface area contributed by atoms with Gasteiger partial charge in [0.05, 0.1) is 17.9 Å². The third kappa shape index (κ3) is 6.33. The topological polar surface area (TPSA) is 64.6 Å². The number of hydrogen-bond donors (Lipinski definition) is 1. The fourth-order valence-corrected chi connectivity index (χ4v) is 8.45. The van der Waals surface area contributed by atoms with Crippen molar-refractivity contribution in [1.29, 1.82) is 0 Å². The van der Waals surface area contributed by atoms with Gasteiger partial charge in [0.15, 0.2) is 0 Å². The van der Waals surface area contributed by atoms with Gasteiger partial charge in [-0.2, -0.15) is 0 Å². The van der Waals surface area contributed by atoms with Crippen molar-refractivity contribution < 1.29 is 4.79 Å². The molecule has 1 saturated carbocycles. The van der Waals surface area contributed by atoms with Crippen LogP contribution in [0, 0.1) is 0 Å². The first kappa shape index (κ1) is 32.4. The van der Waals surface area contributed by atoms with Crippen LogP contribution in [0.15, 0.2) is 108 Å². The summed E-state index contributed by atoms with van der Waals surface area (Å²) in [4.78, 5) is 31.9. The number of allylic oxidation sites excluding steroid dienone is 1. The summed E-state index contributed by atoms with van der Waals surface area (Å²) in [6, 6.07) is 32.4. The van der Waals surface area contributed by atoms with E-state index in [1.165, 1.54) is 64.3 Å². The van der Waals surface area contributed by atoms with Gasteiger partial charge in [-0.25, -0.2) is 4.98 Å². The second-order valence-electron chi connectivity index (χ2n) is 14.2. The largest absolute Gasteiger partial charge is 0.342 e. The number of aromatic nitrogens is 2. The molecule has 0 unspecified atom stereocenters. The molecule has 2 fully saturated rings. The Morgan fingerprint density at radius 3 is 2.24 bits per heavy atom. The maximum absolute atomic E-state index is 14.2. The van der Waals surface area contributed by atoms with Gasteiger partial charge in [-0.05, 0) is 89.5 Å². The van der Waals surface area contributed by atoms with E-state index in [4.69, 9.17) is 9.98 Å². The highest BCUT2D eigenvalue weighted by Crippen LogP contribution is 2.36. The fraction of sp³-hybridized carbons (Fsp3) is 0.341. The van der Waals surface area contributed by atoms with Crippen molar-refractivity contribution in [2.45, 2.75) is 76.8 Å². The number of benzene rings is 4. The highest BCUT2D eigenvalue weighted by molar-refractivity contribution is 6.03. The van der Waals surface area contributed by atoms with E-state index in [0.29, 0.717) is 5.92 Å². The second-order valence-corrected chi connectivity index (χ2v) is 14.2. The van der Waals surface area contributed by atoms with Crippen molar-refractivity contribution in [3.05, 3.63) is 120 Å². The second kappa shape index (κ2) is 14.2. The molecule has 6 heteroatoms. The number of amides is 1. The van der Waals surface area contributed by atoms with E-state index in [1.807, 2.05) is 30.6 Å². The normalized spacial score (nSPS) is 18.6. The van der Waals surface area contributed by atoms with Crippen LogP contribution in [0.3, 0.4) is 0 Å². The Balaban J connectivity index is 0.940. The molecule has 0 spiro atoms. The van der Waals surface area contributed by atoms with E-state index in [0.717, 1.165) is 61.7 Å². The Hall–Kier alpha value is -4.81. The summed E-state index contributed by atoms with van der Waals surface area (Å²) in [6.45, 7) is 6.72. The van der Waals surface area contributed by atoms with E-state index >= 15 is 0 Å². The Bertz CT molecular complexity index is 2030. The molecule has 1 amide bonds. The quantitative estimate of drug-likeness (QED) is 0.162. The van der Waals surface area contributed by atoms with Gasteiger partial charge in [0.1, 0.15) is 11.9 Å². The standard InChI is InChI=1S/C44H47N5O/c1-3-48(4-2)42(32-11-6-5-7-12-32)44(50)49-24-10-15-41(49)39-27-38(28-45-39)31-18-16-30(17-19-31)34-20-21-36-26-37(23-22-35(36)25-34)40-29-46-43(47-40)33-13-8-9-14-33/h5-7,11-12,16-23,25-26,28-29,33,41-42H,3-4,8-10,13-15,24,27H2,1-2H3,(H,46,47)/t41-,42+/m0/s1. The molecule has 4 aromatic carbocycles. The zero-order valence-electron chi connectivity index (χ0n) is 29.3. The lowest BCUT2D eigenvalue weighted by Gasteiger charge is -2.35. The number of H-pyrrole nitrogens is 1. The zero-order chi connectivity index (χ0) is 34.0. The van der Waals surface area contributed by atoms with Crippen LogP contribution in [0.5, 0.6) is 0 Å². The molecule has 3 aliphatic rings. The predicted molar refractivity (Wildman–Crippen MR) is 205 cm³/mol. The number of fused-ring (bicyclic) bond motifs is 1. The van der Waals surface area contributed by atoms with Gasteiger partial charge in [-0.15, -0.1) is 0 Å². The van der Waals surface area contributed by atoms with Crippen molar-refractivity contribution in [2.75, 3.05) is 19.6 Å². The lowest BCUT2D eigenvalue weighted by Crippen LogP contribution is -2.47. The van der Waals surface area contributed by atoms with Crippen LogP contribution in [0.1, 0.15) is 87.7 Å². The first-order chi connectivity index (χ1) is 24.6.